The highest BCUT2D eigenvalue weighted by Gasteiger charge is 2.36. The molecular formula is C12H17N3O3S. The standard InChI is InChI=1S/C12H17N3O3S/c1-3-9-10(19-14-13-9)11(16)15-6-4-5-8(7(15)2)12(17)18/h7-8H,3-6H2,1-2H3,(H,17,18)/t7-,8-/m0/s1. The summed E-state index contributed by atoms with van der Waals surface area (Å²) < 4.78 is 3.82. The second kappa shape index (κ2) is 5.64. The first-order valence-electron chi connectivity index (χ1n) is 6.41. The van der Waals surface area contributed by atoms with Crippen molar-refractivity contribution in [1.29, 1.82) is 0 Å². The minimum absolute atomic E-state index is 0.134. The zero-order valence-electron chi connectivity index (χ0n) is 11.0. The molecule has 1 fully saturated rings. The van der Waals surface area contributed by atoms with Gasteiger partial charge in [-0.25, -0.2) is 0 Å². The van der Waals surface area contributed by atoms with E-state index in [9.17, 15) is 14.7 Å². The lowest BCUT2D eigenvalue weighted by molar-refractivity contribution is -0.144. The number of hydrogen-bond donors (Lipinski definition) is 1. The smallest absolute Gasteiger partial charge is 0.308 e. The number of nitrogens with zero attached hydrogens (tertiary/aromatic N) is 3. The Hall–Kier alpha value is -1.50. The van der Waals surface area contributed by atoms with E-state index in [1.165, 1.54) is 0 Å². The Bertz CT molecular complexity index is 488. The van der Waals surface area contributed by atoms with Gasteiger partial charge in [-0.2, -0.15) is 0 Å². The van der Waals surface area contributed by atoms with Crippen molar-refractivity contribution >= 4 is 23.4 Å². The Morgan fingerprint density at radius 2 is 2.26 bits per heavy atom. The summed E-state index contributed by atoms with van der Waals surface area (Å²) >= 11 is 1.09. The Kier molecular flexibility index (Phi) is 4.14. The van der Waals surface area contributed by atoms with Crippen molar-refractivity contribution in [1.82, 2.24) is 14.5 Å². The lowest BCUT2D eigenvalue weighted by Crippen LogP contribution is -2.49. The van der Waals surface area contributed by atoms with Crippen LogP contribution in [0.2, 0.25) is 0 Å². The van der Waals surface area contributed by atoms with Gasteiger partial charge >= 0.3 is 5.97 Å². The summed E-state index contributed by atoms with van der Waals surface area (Å²) in [5, 5.41) is 13.1. The Labute approximate surface area is 115 Å². The van der Waals surface area contributed by atoms with E-state index in [1.807, 2.05) is 6.92 Å². The molecule has 2 atom stereocenters. The van der Waals surface area contributed by atoms with Gasteiger partial charge in [0.05, 0.1) is 11.6 Å². The molecule has 1 aromatic rings. The lowest BCUT2D eigenvalue weighted by Gasteiger charge is -2.37. The highest BCUT2D eigenvalue weighted by atomic mass is 32.1. The summed E-state index contributed by atoms with van der Waals surface area (Å²) in [6.45, 7) is 4.33. The number of carboxylic acids is 1. The van der Waals surface area contributed by atoms with Gasteiger partial charge in [0.15, 0.2) is 0 Å². The van der Waals surface area contributed by atoms with Crippen LogP contribution in [-0.2, 0) is 11.2 Å². The minimum Gasteiger partial charge on any atom is -0.481 e. The monoisotopic (exact) mass is 283 g/mol. The SMILES string of the molecule is CCc1nnsc1C(=O)N1CCC[C@H](C(=O)O)[C@@H]1C. The molecule has 1 amide bonds. The third-order valence-corrected chi connectivity index (χ3v) is 4.41. The first-order valence-corrected chi connectivity index (χ1v) is 7.18. The number of amides is 1. The van der Waals surface area contributed by atoms with E-state index in [0.29, 0.717) is 30.0 Å². The minimum atomic E-state index is -0.830. The summed E-state index contributed by atoms with van der Waals surface area (Å²) in [7, 11) is 0. The van der Waals surface area contributed by atoms with Crippen LogP contribution in [0.1, 0.15) is 42.1 Å². The number of piperidine rings is 1. The highest BCUT2D eigenvalue weighted by Crippen LogP contribution is 2.26. The fourth-order valence-corrected chi connectivity index (χ4v) is 3.20. The zero-order chi connectivity index (χ0) is 14.0. The molecule has 1 aliphatic rings. The maximum Gasteiger partial charge on any atom is 0.308 e. The van der Waals surface area contributed by atoms with E-state index in [4.69, 9.17) is 0 Å². The predicted molar refractivity (Wildman–Crippen MR) is 70.1 cm³/mol. The van der Waals surface area contributed by atoms with Crippen LogP contribution in [0.3, 0.4) is 0 Å². The number of aryl methyl sites for hydroxylation is 1. The Balaban J connectivity index is 2.21. The first kappa shape index (κ1) is 13.9. The second-order valence-electron chi connectivity index (χ2n) is 4.73. The van der Waals surface area contributed by atoms with Crippen LogP contribution in [0.25, 0.3) is 0 Å². The average Bonchev–Trinajstić information content (AvgIpc) is 2.86. The molecule has 7 heteroatoms. The summed E-state index contributed by atoms with van der Waals surface area (Å²) in [5.41, 5.74) is 0.694. The summed E-state index contributed by atoms with van der Waals surface area (Å²) in [4.78, 5) is 25.9. The van der Waals surface area contributed by atoms with Gasteiger partial charge in [0.25, 0.3) is 5.91 Å². The molecule has 0 bridgehead atoms. The number of rotatable bonds is 3. The average molecular weight is 283 g/mol. The second-order valence-corrected chi connectivity index (χ2v) is 5.48. The molecule has 1 aromatic heterocycles. The molecule has 0 aromatic carbocycles. The van der Waals surface area contributed by atoms with Crippen molar-refractivity contribution in [3.63, 3.8) is 0 Å². The molecule has 2 heterocycles. The van der Waals surface area contributed by atoms with Gasteiger partial charge in [-0.3, -0.25) is 9.59 Å². The van der Waals surface area contributed by atoms with Gasteiger partial charge < -0.3 is 10.0 Å². The molecule has 104 valence electrons. The van der Waals surface area contributed by atoms with Crippen molar-refractivity contribution in [2.75, 3.05) is 6.54 Å². The molecule has 6 nitrogen and oxygen atoms in total. The number of likely N-dealkylation sites (tertiary alicyclic amines) is 1. The van der Waals surface area contributed by atoms with E-state index in [1.54, 1.807) is 11.8 Å². The Morgan fingerprint density at radius 1 is 1.53 bits per heavy atom. The molecule has 0 radical (unpaired) electrons. The normalized spacial score (nSPS) is 23.4. The fourth-order valence-electron chi connectivity index (χ4n) is 2.49. The van der Waals surface area contributed by atoms with Crippen LogP contribution in [0.5, 0.6) is 0 Å². The van der Waals surface area contributed by atoms with E-state index in [2.05, 4.69) is 9.59 Å². The number of aromatic nitrogens is 2. The van der Waals surface area contributed by atoms with Gasteiger partial charge in [0, 0.05) is 12.6 Å². The molecule has 1 aliphatic heterocycles. The molecule has 0 spiro atoms. The van der Waals surface area contributed by atoms with Crippen LogP contribution in [0.4, 0.5) is 0 Å². The molecule has 1 N–H and O–H groups in total. The number of aliphatic carboxylic acids is 1. The largest absolute Gasteiger partial charge is 0.481 e. The fraction of sp³-hybridized carbons (Fsp3) is 0.667. The molecule has 0 aliphatic carbocycles. The van der Waals surface area contributed by atoms with Gasteiger partial charge in [-0.05, 0) is 37.7 Å². The topological polar surface area (TPSA) is 83.4 Å². The van der Waals surface area contributed by atoms with E-state index >= 15 is 0 Å². The zero-order valence-corrected chi connectivity index (χ0v) is 11.8. The molecule has 2 rings (SSSR count). The first-order chi connectivity index (χ1) is 9.06. The molecule has 19 heavy (non-hydrogen) atoms. The molecule has 1 saturated heterocycles. The Morgan fingerprint density at radius 3 is 2.89 bits per heavy atom. The quantitative estimate of drug-likeness (QED) is 0.907. The van der Waals surface area contributed by atoms with Crippen LogP contribution in [-0.4, -0.2) is 44.1 Å². The van der Waals surface area contributed by atoms with Crippen molar-refractivity contribution < 1.29 is 14.7 Å². The van der Waals surface area contributed by atoms with E-state index in [-0.39, 0.29) is 11.9 Å². The van der Waals surface area contributed by atoms with Crippen molar-refractivity contribution in [3.05, 3.63) is 10.6 Å². The van der Waals surface area contributed by atoms with Gasteiger partial charge in [0.1, 0.15) is 4.88 Å². The third kappa shape index (κ3) is 2.60. The van der Waals surface area contributed by atoms with Crippen LogP contribution >= 0.6 is 11.5 Å². The maximum atomic E-state index is 12.5. The van der Waals surface area contributed by atoms with E-state index < -0.39 is 11.9 Å². The van der Waals surface area contributed by atoms with Gasteiger partial charge in [-0.15, -0.1) is 5.10 Å². The summed E-state index contributed by atoms with van der Waals surface area (Å²) in [5.74, 6) is -1.45. The number of hydrogen-bond acceptors (Lipinski definition) is 5. The maximum absolute atomic E-state index is 12.5. The number of carboxylic acid groups (broad SMARTS) is 1. The van der Waals surface area contributed by atoms with Crippen LogP contribution < -0.4 is 0 Å². The van der Waals surface area contributed by atoms with Crippen molar-refractivity contribution in [3.8, 4) is 0 Å². The number of carbonyl (C=O) groups excluding carboxylic acids is 1. The predicted octanol–water partition coefficient (Wildman–Crippen LogP) is 1.43. The van der Waals surface area contributed by atoms with E-state index in [0.717, 1.165) is 18.0 Å². The summed E-state index contributed by atoms with van der Waals surface area (Å²) in [6.07, 6.45) is 2.00. The molecule has 0 saturated carbocycles. The summed E-state index contributed by atoms with van der Waals surface area (Å²) in [6, 6.07) is -0.287. The van der Waals surface area contributed by atoms with Crippen molar-refractivity contribution in [2.24, 2.45) is 5.92 Å². The lowest BCUT2D eigenvalue weighted by atomic mass is 9.90. The van der Waals surface area contributed by atoms with Gasteiger partial charge in [0.2, 0.25) is 0 Å². The highest BCUT2D eigenvalue weighted by molar-refractivity contribution is 7.08. The van der Waals surface area contributed by atoms with Gasteiger partial charge in [-0.1, -0.05) is 11.4 Å². The third-order valence-electron chi connectivity index (χ3n) is 3.65. The number of carbonyl (C=O) groups is 2. The van der Waals surface area contributed by atoms with Crippen LogP contribution in [0.15, 0.2) is 0 Å². The van der Waals surface area contributed by atoms with Crippen LogP contribution in [0, 0.1) is 5.92 Å². The van der Waals surface area contributed by atoms with Crippen molar-refractivity contribution in [2.45, 2.75) is 39.2 Å². The molecule has 0 unspecified atom stereocenters. The molecular weight excluding hydrogens is 266 g/mol.